The summed E-state index contributed by atoms with van der Waals surface area (Å²) in [4.78, 5) is 19.9. The Kier molecular flexibility index (Phi) is 6.46. The summed E-state index contributed by atoms with van der Waals surface area (Å²) in [7, 11) is 0. The van der Waals surface area contributed by atoms with Crippen LogP contribution in [-0.2, 0) is 24.1 Å². The molecule has 0 unspecified atom stereocenters. The van der Waals surface area contributed by atoms with Gasteiger partial charge in [-0.05, 0) is 48.4 Å². The summed E-state index contributed by atoms with van der Waals surface area (Å²) < 4.78 is 5.55. The van der Waals surface area contributed by atoms with Gasteiger partial charge in [0, 0.05) is 24.2 Å². The lowest BCUT2D eigenvalue weighted by Gasteiger charge is -2.26. The van der Waals surface area contributed by atoms with E-state index >= 15 is 0 Å². The summed E-state index contributed by atoms with van der Waals surface area (Å²) in [5, 5.41) is 5.04. The van der Waals surface area contributed by atoms with Crippen molar-refractivity contribution < 1.29 is 4.74 Å². The van der Waals surface area contributed by atoms with Crippen molar-refractivity contribution in [3.63, 3.8) is 0 Å². The molecule has 0 bridgehead atoms. The van der Waals surface area contributed by atoms with E-state index < -0.39 is 0 Å². The number of aromatic nitrogens is 3. The molecule has 1 aromatic carbocycles. The Balaban J connectivity index is 1.45. The van der Waals surface area contributed by atoms with Crippen LogP contribution in [0, 0.1) is 5.92 Å². The van der Waals surface area contributed by atoms with Gasteiger partial charge in [0.2, 0.25) is 0 Å². The smallest absolute Gasteiger partial charge is 0.146 e. The number of benzene rings is 1. The third kappa shape index (κ3) is 4.81. The Morgan fingerprint density at radius 1 is 1.09 bits per heavy atom. The van der Waals surface area contributed by atoms with Gasteiger partial charge in [-0.1, -0.05) is 43.3 Å². The van der Waals surface area contributed by atoms with Gasteiger partial charge in [-0.3, -0.25) is 9.88 Å². The lowest BCUT2D eigenvalue weighted by atomic mass is 9.89. The van der Waals surface area contributed by atoms with E-state index in [1.807, 2.05) is 29.7 Å². The number of nitrogens with zero attached hydrogens (tertiary/aromatic N) is 4. The fourth-order valence-corrected chi connectivity index (χ4v) is 6.58. The van der Waals surface area contributed by atoms with Crippen LogP contribution in [0.5, 0.6) is 0 Å². The predicted molar refractivity (Wildman–Crippen MR) is 141 cm³/mol. The Bertz CT molecular complexity index is 1250. The summed E-state index contributed by atoms with van der Waals surface area (Å²) >= 11 is 1.86. The van der Waals surface area contributed by atoms with Gasteiger partial charge < -0.3 is 10.1 Å². The van der Waals surface area contributed by atoms with Crippen LogP contribution in [0.2, 0.25) is 0 Å². The van der Waals surface area contributed by atoms with Gasteiger partial charge in [0.15, 0.2) is 0 Å². The first-order chi connectivity index (χ1) is 17.2. The van der Waals surface area contributed by atoms with Crippen LogP contribution in [0.15, 0.2) is 54.7 Å². The molecule has 4 heterocycles. The lowest BCUT2D eigenvalue weighted by molar-refractivity contribution is 0.0331. The van der Waals surface area contributed by atoms with E-state index in [9.17, 15) is 0 Å². The largest absolute Gasteiger partial charge is 0.379 e. The van der Waals surface area contributed by atoms with Crippen molar-refractivity contribution >= 4 is 27.4 Å². The first-order valence-electron chi connectivity index (χ1n) is 12.6. The van der Waals surface area contributed by atoms with Crippen molar-refractivity contribution in [1.82, 2.24) is 19.9 Å². The van der Waals surface area contributed by atoms with Crippen molar-refractivity contribution in [1.29, 1.82) is 0 Å². The highest BCUT2D eigenvalue weighted by Crippen LogP contribution is 2.41. The highest BCUT2D eigenvalue weighted by atomic mass is 32.1. The van der Waals surface area contributed by atoms with Crippen LogP contribution >= 0.6 is 11.3 Å². The number of fused-ring (bicyclic) bond motifs is 3. The minimum atomic E-state index is -0.0928. The highest BCUT2D eigenvalue weighted by Gasteiger charge is 2.26. The van der Waals surface area contributed by atoms with E-state index in [-0.39, 0.29) is 6.04 Å². The van der Waals surface area contributed by atoms with E-state index in [0.29, 0.717) is 0 Å². The number of aryl methyl sites for hydroxylation is 1. The van der Waals surface area contributed by atoms with Crippen molar-refractivity contribution in [2.24, 2.45) is 5.92 Å². The molecule has 0 amide bonds. The van der Waals surface area contributed by atoms with Crippen molar-refractivity contribution in [2.45, 2.75) is 38.8 Å². The van der Waals surface area contributed by atoms with E-state index in [2.05, 4.69) is 53.5 Å². The average molecular weight is 486 g/mol. The monoisotopic (exact) mass is 485 g/mol. The average Bonchev–Trinajstić information content (AvgIpc) is 3.26. The van der Waals surface area contributed by atoms with Crippen molar-refractivity contribution in [3.8, 4) is 0 Å². The lowest BCUT2D eigenvalue weighted by Crippen LogP contribution is -2.36. The summed E-state index contributed by atoms with van der Waals surface area (Å²) in [5.74, 6) is 2.53. The molecule has 7 heteroatoms. The molecule has 1 saturated heterocycles. The minimum Gasteiger partial charge on any atom is -0.379 e. The molecular weight excluding hydrogens is 454 g/mol. The van der Waals surface area contributed by atoms with Crippen molar-refractivity contribution in [3.05, 3.63) is 82.3 Å². The molecule has 0 saturated carbocycles. The third-order valence-corrected chi connectivity index (χ3v) is 8.22. The number of ether oxygens (including phenoxy) is 1. The van der Waals surface area contributed by atoms with E-state index in [1.165, 1.54) is 27.8 Å². The van der Waals surface area contributed by atoms with E-state index in [0.717, 1.165) is 73.8 Å². The van der Waals surface area contributed by atoms with E-state index in [4.69, 9.17) is 19.7 Å². The Hall–Kier alpha value is -2.87. The standard InChI is InChI=1S/C28H31N5OS/c1-19-10-11-21-23(17-19)35-28-25(21)27(30-24(31-28)18-33-13-15-34-16-14-33)32-26(20-7-3-2-4-8-20)22-9-5-6-12-29-22/h2-9,12,19,26H,10-11,13-18H2,1H3,(H,30,31,32)/t19-,26+/m1/s1. The number of hydrogen-bond acceptors (Lipinski definition) is 7. The van der Waals surface area contributed by atoms with E-state index in [1.54, 1.807) is 0 Å². The zero-order valence-electron chi connectivity index (χ0n) is 20.1. The number of nitrogens with one attached hydrogen (secondary N) is 1. The molecule has 2 aliphatic rings. The Morgan fingerprint density at radius 2 is 1.91 bits per heavy atom. The first kappa shape index (κ1) is 22.6. The molecule has 1 aliphatic heterocycles. The first-order valence-corrected chi connectivity index (χ1v) is 13.4. The fraction of sp³-hybridized carbons (Fsp3) is 0.393. The molecule has 6 nitrogen and oxygen atoms in total. The van der Waals surface area contributed by atoms with Gasteiger partial charge >= 0.3 is 0 Å². The Labute approximate surface area is 210 Å². The van der Waals surface area contributed by atoms with Crippen LogP contribution in [0.25, 0.3) is 10.2 Å². The number of rotatable bonds is 6. The third-order valence-electron chi connectivity index (χ3n) is 7.07. The highest BCUT2D eigenvalue weighted by molar-refractivity contribution is 7.19. The molecule has 6 rings (SSSR count). The summed E-state index contributed by atoms with van der Waals surface area (Å²) in [5.41, 5.74) is 3.60. The number of pyridine rings is 1. The second-order valence-electron chi connectivity index (χ2n) is 9.65. The molecule has 1 aliphatic carbocycles. The molecule has 0 radical (unpaired) electrons. The Morgan fingerprint density at radius 3 is 2.71 bits per heavy atom. The molecule has 0 spiro atoms. The molecule has 2 atom stereocenters. The SMILES string of the molecule is C[C@@H]1CCc2c(sc3nc(CN4CCOCC4)nc(N[C@@H](c4ccccc4)c4ccccn4)c23)C1. The maximum Gasteiger partial charge on any atom is 0.146 e. The molecule has 180 valence electrons. The van der Waals surface area contributed by atoms with Gasteiger partial charge in [0.05, 0.1) is 36.9 Å². The van der Waals surface area contributed by atoms with Crippen LogP contribution in [0.4, 0.5) is 5.82 Å². The topological polar surface area (TPSA) is 63.2 Å². The fourth-order valence-electron chi connectivity index (χ4n) is 5.18. The normalized spacial score (nSPS) is 19.4. The zero-order valence-corrected chi connectivity index (χ0v) is 20.9. The van der Waals surface area contributed by atoms with Crippen LogP contribution < -0.4 is 5.32 Å². The van der Waals surface area contributed by atoms with Crippen LogP contribution in [0.1, 0.15) is 46.9 Å². The van der Waals surface area contributed by atoms with Crippen LogP contribution in [0.3, 0.4) is 0 Å². The van der Waals surface area contributed by atoms with Gasteiger partial charge in [-0.2, -0.15) is 0 Å². The van der Waals surface area contributed by atoms with Gasteiger partial charge in [-0.15, -0.1) is 11.3 Å². The second-order valence-corrected chi connectivity index (χ2v) is 10.7. The minimum absolute atomic E-state index is 0.0928. The second kappa shape index (κ2) is 10.0. The molecule has 1 fully saturated rings. The molecule has 4 aromatic rings. The maximum absolute atomic E-state index is 5.55. The molecule has 35 heavy (non-hydrogen) atoms. The molecular formula is C28H31N5OS. The number of hydrogen-bond donors (Lipinski definition) is 1. The van der Waals surface area contributed by atoms with Gasteiger partial charge in [0.1, 0.15) is 16.5 Å². The number of thiophene rings is 1. The van der Waals surface area contributed by atoms with Gasteiger partial charge in [-0.25, -0.2) is 9.97 Å². The summed E-state index contributed by atoms with van der Waals surface area (Å²) in [6.45, 7) is 6.48. The molecule has 3 aromatic heterocycles. The quantitative estimate of drug-likeness (QED) is 0.403. The van der Waals surface area contributed by atoms with Gasteiger partial charge in [0.25, 0.3) is 0 Å². The number of anilines is 1. The summed E-state index contributed by atoms with van der Waals surface area (Å²) in [6, 6.07) is 16.5. The summed E-state index contributed by atoms with van der Waals surface area (Å²) in [6.07, 6.45) is 5.31. The molecule has 1 N–H and O–H groups in total. The maximum atomic E-state index is 5.55. The van der Waals surface area contributed by atoms with Crippen molar-refractivity contribution in [2.75, 3.05) is 31.6 Å². The zero-order chi connectivity index (χ0) is 23.6. The number of morpholine rings is 1. The predicted octanol–water partition coefficient (Wildman–Crippen LogP) is 5.24. The van der Waals surface area contributed by atoms with Crippen LogP contribution in [-0.4, -0.2) is 46.2 Å².